The zero-order valence-electron chi connectivity index (χ0n) is 9.20. The van der Waals surface area contributed by atoms with E-state index in [1.54, 1.807) is 0 Å². The lowest BCUT2D eigenvalue weighted by Gasteiger charge is -2.22. The van der Waals surface area contributed by atoms with Crippen molar-refractivity contribution in [2.75, 3.05) is 13.2 Å². The molecule has 0 unspecified atom stereocenters. The van der Waals surface area contributed by atoms with Crippen molar-refractivity contribution in [3.05, 3.63) is 18.3 Å². The van der Waals surface area contributed by atoms with E-state index in [2.05, 4.69) is 4.98 Å². The summed E-state index contributed by atoms with van der Waals surface area (Å²) < 4.78 is 32.8. The SMILES string of the molecule is NS(=O)(=O)c1ccc(OC2CCOCC2)nc1. The molecule has 1 aliphatic rings. The third-order valence-electron chi connectivity index (χ3n) is 2.49. The fourth-order valence-corrected chi connectivity index (χ4v) is 2.03. The predicted molar refractivity (Wildman–Crippen MR) is 60.1 cm³/mol. The first-order valence-electron chi connectivity index (χ1n) is 5.29. The van der Waals surface area contributed by atoms with Crippen LogP contribution in [0.1, 0.15) is 12.8 Å². The average molecular weight is 258 g/mol. The second-order valence-corrected chi connectivity index (χ2v) is 5.37. The quantitative estimate of drug-likeness (QED) is 0.841. The summed E-state index contributed by atoms with van der Waals surface area (Å²) in [6, 6.07) is 2.90. The molecule has 0 atom stereocenters. The maximum atomic E-state index is 11.0. The van der Waals surface area contributed by atoms with E-state index >= 15 is 0 Å². The highest BCUT2D eigenvalue weighted by atomic mass is 32.2. The zero-order chi connectivity index (χ0) is 12.3. The maximum absolute atomic E-state index is 11.0. The van der Waals surface area contributed by atoms with Crippen molar-refractivity contribution in [1.82, 2.24) is 4.98 Å². The summed E-state index contributed by atoms with van der Waals surface area (Å²) >= 11 is 0. The van der Waals surface area contributed by atoms with Crippen molar-refractivity contribution in [2.45, 2.75) is 23.8 Å². The minimum atomic E-state index is -3.69. The molecule has 0 amide bonds. The summed E-state index contributed by atoms with van der Waals surface area (Å²) in [4.78, 5) is 3.90. The van der Waals surface area contributed by atoms with Gasteiger partial charge in [0.25, 0.3) is 0 Å². The largest absolute Gasteiger partial charge is 0.474 e. The van der Waals surface area contributed by atoms with Crippen LogP contribution in [0.2, 0.25) is 0 Å². The molecule has 1 aromatic heterocycles. The Hall–Kier alpha value is -1.18. The molecule has 2 N–H and O–H groups in total. The molecular weight excluding hydrogens is 244 g/mol. The Morgan fingerprint density at radius 3 is 2.59 bits per heavy atom. The molecule has 0 saturated carbocycles. The van der Waals surface area contributed by atoms with Crippen LogP contribution in [0, 0.1) is 0 Å². The fraction of sp³-hybridized carbons (Fsp3) is 0.500. The van der Waals surface area contributed by atoms with Crippen molar-refractivity contribution in [3.63, 3.8) is 0 Å². The normalized spacial score (nSPS) is 17.9. The molecule has 1 aliphatic heterocycles. The van der Waals surface area contributed by atoms with Gasteiger partial charge in [-0.05, 0) is 6.07 Å². The van der Waals surface area contributed by atoms with Gasteiger partial charge in [-0.1, -0.05) is 0 Å². The highest BCUT2D eigenvalue weighted by Gasteiger charge is 2.16. The minimum Gasteiger partial charge on any atom is -0.474 e. The highest BCUT2D eigenvalue weighted by Crippen LogP contribution is 2.16. The van der Waals surface area contributed by atoms with Gasteiger partial charge in [0.2, 0.25) is 15.9 Å². The predicted octanol–water partition coefficient (Wildman–Crippen LogP) is 0.287. The van der Waals surface area contributed by atoms with Crippen molar-refractivity contribution < 1.29 is 17.9 Å². The Bertz CT molecular complexity index is 466. The monoisotopic (exact) mass is 258 g/mol. The van der Waals surface area contributed by atoms with Crippen LogP contribution in [0.15, 0.2) is 23.2 Å². The Morgan fingerprint density at radius 2 is 2.06 bits per heavy atom. The molecule has 7 heteroatoms. The van der Waals surface area contributed by atoms with Crippen molar-refractivity contribution >= 4 is 10.0 Å². The van der Waals surface area contributed by atoms with E-state index in [0.717, 1.165) is 12.8 Å². The van der Waals surface area contributed by atoms with Crippen molar-refractivity contribution in [1.29, 1.82) is 0 Å². The lowest BCUT2D eigenvalue weighted by Crippen LogP contribution is -2.26. The molecular formula is C10H14N2O4S. The molecule has 94 valence electrons. The maximum Gasteiger partial charge on any atom is 0.239 e. The van der Waals surface area contributed by atoms with Gasteiger partial charge < -0.3 is 9.47 Å². The lowest BCUT2D eigenvalue weighted by molar-refractivity contribution is 0.0237. The first-order chi connectivity index (χ1) is 8.05. The number of primary sulfonamides is 1. The molecule has 0 spiro atoms. The van der Waals surface area contributed by atoms with Crippen LogP contribution in [0.25, 0.3) is 0 Å². The van der Waals surface area contributed by atoms with Gasteiger partial charge in [-0.15, -0.1) is 0 Å². The van der Waals surface area contributed by atoms with E-state index in [1.807, 2.05) is 0 Å². The molecule has 0 radical (unpaired) electrons. The van der Waals surface area contributed by atoms with E-state index in [0.29, 0.717) is 19.1 Å². The summed E-state index contributed by atoms with van der Waals surface area (Å²) in [7, 11) is -3.69. The molecule has 0 aromatic carbocycles. The molecule has 1 saturated heterocycles. The van der Waals surface area contributed by atoms with E-state index in [9.17, 15) is 8.42 Å². The molecule has 0 bridgehead atoms. The Labute approximate surface area is 99.8 Å². The van der Waals surface area contributed by atoms with Gasteiger partial charge in [-0.2, -0.15) is 0 Å². The van der Waals surface area contributed by atoms with Gasteiger partial charge in [0.1, 0.15) is 11.0 Å². The van der Waals surface area contributed by atoms with Crippen LogP contribution in [-0.2, 0) is 14.8 Å². The molecule has 6 nitrogen and oxygen atoms in total. The second-order valence-electron chi connectivity index (χ2n) is 3.81. The summed E-state index contributed by atoms with van der Waals surface area (Å²) in [5.74, 6) is 0.407. The number of aromatic nitrogens is 1. The molecule has 17 heavy (non-hydrogen) atoms. The molecule has 2 heterocycles. The van der Waals surface area contributed by atoms with E-state index < -0.39 is 10.0 Å². The van der Waals surface area contributed by atoms with Gasteiger partial charge in [-0.3, -0.25) is 0 Å². The van der Waals surface area contributed by atoms with Gasteiger partial charge in [0.05, 0.1) is 19.4 Å². The number of ether oxygens (including phenoxy) is 2. The van der Waals surface area contributed by atoms with Gasteiger partial charge in [0, 0.05) is 18.9 Å². The standard InChI is InChI=1S/C10H14N2O4S/c11-17(13,14)9-1-2-10(12-7-9)16-8-3-5-15-6-4-8/h1-2,7-8H,3-6H2,(H2,11,13,14). The summed E-state index contributed by atoms with van der Waals surface area (Å²) in [6.07, 6.45) is 2.91. The van der Waals surface area contributed by atoms with Crippen LogP contribution in [0.3, 0.4) is 0 Å². The average Bonchev–Trinajstić information content (AvgIpc) is 2.30. The summed E-state index contributed by atoms with van der Waals surface area (Å²) in [6.45, 7) is 1.36. The van der Waals surface area contributed by atoms with Gasteiger partial charge >= 0.3 is 0 Å². The third kappa shape index (κ3) is 3.39. The fourth-order valence-electron chi connectivity index (χ4n) is 1.57. The summed E-state index contributed by atoms with van der Waals surface area (Å²) in [5, 5.41) is 4.97. The minimum absolute atomic E-state index is 0.0168. The molecule has 1 fully saturated rings. The second kappa shape index (κ2) is 4.99. The van der Waals surface area contributed by atoms with Crippen LogP contribution in [0.5, 0.6) is 5.88 Å². The van der Waals surface area contributed by atoms with E-state index in [1.165, 1.54) is 18.3 Å². The third-order valence-corrected chi connectivity index (χ3v) is 3.39. The van der Waals surface area contributed by atoms with Crippen LogP contribution >= 0.6 is 0 Å². The Morgan fingerprint density at radius 1 is 1.35 bits per heavy atom. The Kier molecular flexibility index (Phi) is 3.60. The lowest BCUT2D eigenvalue weighted by atomic mass is 10.2. The summed E-state index contributed by atoms with van der Waals surface area (Å²) in [5.41, 5.74) is 0. The molecule has 0 aliphatic carbocycles. The smallest absolute Gasteiger partial charge is 0.239 e. The van der Waals surface area contributed by atoms with Crippen molar-refractivity contribution in [3.8, 4) is 5.88 Å². The number of hydrogen-bond acceptors (Lipinski definition) is 5. The highest BCUT2D eigenvalue weighted by molar-refractivity contribution is 7.89. The number of rotatable bonds is 3. The van der Waals surface area contributed by atoms with Crippen molar-refractivity contribution in [2.24, 2.45) is 5.14 Å². The topological polar surface area (TPSA) is 91.5 Å². The Balaban J connectivity index is 2.03. The van der Waals surface area contributed by atoms with Gasteiger partial charge in [-0.25, -0.2) is 18.5 Å². The van der Waals surface area contributed by atoms with Crippen LogP contribution in [-0.4, -0.2) is 32.7 Å². The number of sulfonamides is 1. The van der Waals surface area contributed by atoms with Crippen LogP contribution < -0.4 is 9.88 Å². The number of pyridine rings is 1. The number of nitrogens with two attached hydrogens (primary N) is 1. The zero-order valence-corrected chi connectivity index (χ0v) is 10.0. The first-order valence-corrected chi connectivity index (χ1v) is 6.83. The molecule has 1 aromatic rings. The number of nitrogens with zero attached hydrogens (tertiary/aromatic N) is 1. The molecule has 2 rings (SSSR count). The number of hydrogen-bond donors (Lipinski definition) is 1. The van der Waals surface area contributed by atoms with E-state index in [-0.39, 0.29) is 11.0 Å². The first kappa shape index (κ1) is 12.3. The van der Waals surface area contributed by atoms with Crippen LogP contribution in [0.4, 0.5) is 0 Å². The van der Waals surface area contributed by atoms with E-state index in [4.69, 9.17) is 14.6 Å². The van der Waals surface area contributed by atoms with Gasteiger partial charge in [0.15, 0.2) is 0 Å².